The summed E-state index contributed by atoms with van der Waals surface area (Å²) in [7, 11) is 0. The molecule has 0 unspecified atom stereocenters. The van der Waals surface area contributed by atoms with Crippen LogP contribution in [0.25, 0.3) is 0 Å². The Hall–Kier alpha value is -2.25. The normalized spacial score (nSPS) is 15.4. The van der Waals surface area contributed by atoms with Crippen molar-refractivity contribution in [3.8, 4) is 0 Å². The minimum Gasteiger partial charge on any atom is -0.348 e. The third-order valence-corrected chi connectivity index (χ3v) is 5.65. The van der Waals surface area contributed by atoms with Gasteiger partial charge in [-0.05, 0) is 61.0 Å². The molecule has 3 rings (SSSR count). The van der Waals surface area contributed by atoms with E-state index in [1.54, 1.807) is 23.5 Å². The molecule has 0 atom stereocenters. The molecule has 0 saturated carbocycles. The first-order chi connectivity index (χ1) is 13.1. The van der Waals surface area contributed by atoms with Gasteiger partial charge in [0, 0.05) is 24.5 Å². The summed E-state index contributed by atoms with van der Waals surface area (Å²) in [6.45, 7) is 3.73. The highest BCUT2D eigenvalue weighted by Gasteiger charge is 2.21. The predicted octanol–water partition coefficient (Wildman–Crippen LogP) is 2.53. The molecule has 2 heterocycles. The van der Waals surface area contributed by atoms with Gasteiger partial charge in [0.25, 0.3) is 0 Å². The Morgan fingerprint density at radius 3 is 2.44 bits per heavy atom. The Morgan fingerprint density at radius 2 is 1.78 bits per heavy atom. The lowest BCUT2D eigenvalue weighted by Gasteiger charge is -2.31. The number of amides is 2. The van der Waals surface area contributed by atoms with Crippen molar-refractivity contribution in [2.24, 2.45) is 5.92 Å². The average Bonchev–Trinajstić information content (AvgIpc) is 3.19. The Balaban J connectivity index is 1.33. The van der Waals surface area contributed by atoms with E-state index in [-0.39, 0.29) is 12.4 Å². The molecule has 1 saturated heterocycles. The van der Waals surface area contributed by atoms with Gasteiger partial charge in [-0.2, -0.15) is 0 Å². The second kappa shape index (κ2) is 9.62. The van der Waals surface area contributed by atoms with Crippen LogP contribution in [-0.4, -0.2) is 36.3 Å². The maximum atomic E-state index is 12.9. The molecule has 1 aliphatic rings. The fourth-order valence-corrected chi connectivity index (χ4v) is 3.90. The van der Waals surface area contributed by atoms with E-state index >= 15 is 0 Å². The number of carbonyl (C=O) groups is 2. The van der Waals surface area contributed by atoms with Crippen molar-refractivity contribution in [2.45, 2.75) is 25.9 Å². The van der Waals surface area contributed by atoms with Gasteiger partial charge >= 0.3 is 11.8 Å². The number of piperidine rings is 1. The first-order valence-electron chi connectivity index (χ1n) is 9.15. The largest absolute Gasteiger partial charge is 0.348 e. The maximum Gasteiger partial charge on any atom is 0.309 e. The van der Waals surface area contributed by atoms with Crippen LogP contribution in [0.5, 0.6) is 0 Å². The maximum absolute atomic E-state index is 12.9. The van der Waals surface area contributed by atoms with Crippen LogP contribution in [0.2, 0.25) is 0 Å². The lowest BCUT2D eigenvalue weighted by atomic mass is 9.97. The van der Waals surface area contributed by atoms with Crippen molar-refractivity contribution < 1.29 is 14.0 Å². The topological polar surface area (TPSA) is 61.4 Å². The van der Waals surface area contributed by atoms with Crippen LogP contribution >= 0.6 is 11.3 Å². The second-order valence-corrected chi connectivity index (χ2v) is 7.85. The SMILES string of the molecule is O=C(NCc1ccc(F)cc1)C(=O)NCC1CCN(Cc2cccs2)CC1. The van der Waals surface area contributed by atoms with E-state index in [2.05, 4.69) is 33.0 Å². The number of benzene rings is 1. The van der Waals surface area contributed by atoms with Crippen molar-refractivity contribution >= 4 is 23.2 Å². The highest BCUT2D eigenvalue weighted by Crippen LogP contribution is 2.20. The quantitative estimate of drug-likeness (QED) is 0.747. The van der Waals surface area contributed by atoms with Gasteiger partial charge < -0.3 is 10.6 Å². The van der Waals surface area contributed by atoms with Gasteiger partial charge in [0.1, 0.15) is 5.82 Å². The first-order valence-corrected chi connectivity index (χ1v) is 10.0. The van der Waals surface area contributed by atoms with Crippen LogP contribution in [-0.2, 0) is 22.7 Å². The third kappa shape index (κ3) is 6.15. The van der Waals surface area contributed by atoms with Crippen molar-refractivity contribution in [3.63, 3.8) is 0 Å². The van der Waals surface area contributed by atoms with E-state index in [0.29, 0.717) is 12.5 Å². The molecule has 0 bridgehead atoms. The summed E-state index contributed by atoms with van der Waals surface area (Å²) in [4.78, 5) is 27.6. The number of rotatable bonds is 6. The number of hydrogen-bond donors (Lipinski definition) is 2. The second-order valence-electron chi connectivity index (χ2n) is 6.82. The van der Waals surface area contributed by atoms with Gasteiger partial charge in [-0.1, -0.05) is 18.2 Å². The number of likely N-dealkylation sites (tertiary alicyclic amines) is 1. The van der Waals surface area contributed by atoms with Crippen molar-refractivity contribution in [2.75, 3.05) is 19.6 Å². The van der Waals surface area contributed by atoms with Crippen LogP contribution < -0.4 is 10.6 Å². The molecule has 144 valence electrons. The van der Waals surface area contributed by atoms with Gasteiger partial charge in [0.15, 0.2) is 0 Å². The summed E-state index contributed by atoms with van der Waals surface area (Å²) in [5.74, 6) is -1.20. The van der Waals surface area contributed by atoms with Crippen LogP contribution in [0.1, 0.15) is 23.3 Å². The molecule has 1 aromatic heterocycles. The molecule has 0 spiro atoms. The molecule has 2 amide bonds. The highest BCUT2D eigenvalue weighted by atomic mass is 32.1. The van der Waals surface area contributed by atoms with Crippen LogP contribution in [0, 0.1) is 11.7 Å². The zero-order valence-corrected chi connectivity index (χ0v) is 15.9. The average molecular weight is 389 g/mol. The van der Waals surface area contributed by atoms with Crippen LogP contribution in [0.15, 0.2) is 41.8 Å². The van der Waals surface area contributed by atoms with E-state index in [9.17, 15) is 14.0 Å². The van der Waals surface area contributed by atoms with E-state index < -0.39 is 11.8 Å². The molecule has 27 heavy (non-hydrogen) atoms. The van der Waals surface area contributed by atoms with E-state index in [1.165, 1.54) is 17.0 Å². The Labute approximate surface area is 162 Å². The summed E-state index contributed by atoms with van der Waals surface area (Å²) < 4.78 is 12.9. The molecule has 1 aromatic carbocycles. The third-order valence-electron chi connectivity index (χ3n) is 4.79. The highest BCUT2D eigenvalue weighted by molar-refractivity contribution is 7.09. The van der Waals surface area contributed by atoms with E-state index in [0.717, 1.165) is 38.0 Å². The van der Waals surface area contributed by atoms with Gasteiger partial charge in [0.2, 0.25) is 0 Å². The van der Waals surface area contributed by atoms with Crippen molar-refractivity contribution in [1.29, 1.82) is 0 Å². The zero-order chi connectivity index (χ0) is 19.1. The molecule has 5 nitrogen and oxygen atoms in total. The monoisotopic (exact) mass is 389 g/mol. The smallest absolute Gasteiger partial charge is 0.309 e. The van der Waals surface area contributed by atoms with E-state index in [4.69, 9.17) is 0 Å². The molecule has 0 radical (unpaired) electrons. The number of halogens is 1. The molecule has 7 heteroatoms. The Bertz CT molecular complexity index is 741. The number of hydrogen-bond acceptors (Lipinski definition) is 4. The van der Waals surface area contributed by atoms with Gasteiger partial charge in [-0.25, -0.2) is 4.39 Å². The summed E-state index contributed by atoms with van der Waals surface area (Å²) in [6.07, 6.45) is 2.03. The number of carbonyl (C=O) groups excluding carboxylic acids is 2. The predicted molar refractivity (Wildman–Crippen MR) is 104 cm³/mol. The fraction of sp³-hybridized carbons (Fsp3) is 0.400. The summed E-state index contributed by atoms with van der Waals surface area (Å²) in [6, 6.07) is 10.0. The van der Waals surface area contributed by atoms with Crippen molar-refractivity contribution in [1.82, 2.24) is 15.5 Å². The minimum absolute atomic E-state index is 0.202. The van der Waals surface area contributed by atoms with Crippen LogP contribution in [0.3, 0.4) is 0 Å². The van der Waals surface area contributed by atoms with Gasteiger partial charge in [-0.3, -0.25) is 14.5 Å². The summed E-state index contributed by atoms with van der Waals surface area (Å²) >= 11 is 1.78. The minimum atomic E-state index is -0.658. The zero-order valence-electron chi connectivity index (χ0n) is 15.1. The molecule has 2 aromatic rings. The van der Waals surface area contributed by atoms with Gasteiger partial charge in [0.05, 0.1) is 0 Å². The van der Waals surface area contributed by atoms with Gasteiger partial charge in [-0.15, -0.1) is 11.3 Å². The molecule has 2 N–H and O–H groups in total. The molecule has 1 fully saturated rings. The summed E-state index contributed by atoms with van der Waals surface area (Å²) in [5, 5.41) is 7.38. The fourth-order valence-electron chi connectivity index (χ4n) is 3.15. The lowest BCUT2D eigenvalue weighted by Crippen LogP contribution is -2.43. The van der Waals surface area contributed by atoms with Crippen molar-refractivity contribution in [3.05, 3.63) is 58.0 Å². The Morgan fingerprint density at radius 1 is 1.07 bits per heavy atom. The number of nitrogens with zero attached hydrogens (tertiary/aromatic N) is 1. The molecular weight excluding hydrogens is 365 g/mol. The molecule has 0 aliphatic carbocycles. The molecule has 1 aliphatic heterocycles. The lowest BCUT2D eigenvalue weighted by molar-refractivity contribution is -0.139. The van der Waals surface area contributed by atoms with Crippen LogP contribution in [0.4, 0.5) is 4.39 Å². The number of nitrogens with one attached hydrogen (secondary N) is 2. The van der Waals surface area contributed by atoms with E-state index in [1.807, 2.05) is 0 Å². The first kappa shape index (κ1) is 19.5. The summed E-state index contributed by atoms with van der Waals surface area (Å²) in [5.41, 5.74) is 0.746. The molecular formula is C20H24FN3O2S. The standard InChI is InChI=1S/C20H24FN3O2S/c21-17-5-3-15(4-6-17)12-22-19(25)20(26)23-13-16-7-9-24(10-8-16)14-18-2-1-11-27-18/h1-6,11,16H,7-10,12-14H2,(H,22,25)(H,23,26). The Kier molecular flexibility index (Phi) is 6.95. The number of thiophene rings is 1.